The van der Waals surface area contributed by atoms with E-state index in [0.717, 1.165) is 28.2 Å². The summed E-state index contributed by atoms with van der Waals surface area (Å²) in [6.07, 6.45) is 1.60. The third-order valence-electron chi connectivity index (χ3n) is 4.92. The Morgan fingerprint density at radius 3 is 2.38 bits per heavy atom. The molecule has 0 heterocycles. The number of rotatable bonds is 9. The van der Waals surface area contributed by atoms with Crippen LogP contribution in [0.3, 0.4) is 0 Å². The number of thioether (sulfide) groups is 1. The zero-order valence-corrected chi connectivity index (χ0v) is 19.9. The molecule has 1 amide bonds. The lowest BCUT2D eigenvalue weighted by Crippen LogP contribution is -2.17. The molecule has 0 spiro atoms. The number of hydrogen-bond acceptors (Lipinski definition) is 4. The molecule has 0 atom stereocenters. The van der Waals surface area contributed by atoms with Gasteiger partial charge in [-0.05, 0) is 77.4 Å². The highest BCUT2D eigenvalue weighted by molar-refractivity contribution is 7.98. The third-order valence-corrected chi connectivity index (χ3v) is 6.24. The van der Waals surface area contributed by atoms with Crippen LogP contribution in [0.15, 0.2) is 113 Å². The fraction of sp³-hybridized carbons (Fsp3) is 0.0714. The molecule has 4 aromatic rings. The van der Waals surface area contributed by atoms with Crippen LogP contribution >= 0.6 is 23.4 Å². The summed E-state index contributed by atoms with van der Waals surface area (Å²) in [5.74, 6) is 1.34. The minimum absolute atomic E-state index is 0.250. The SMILES string of the molecule is O=C(N/N=C\c1ccc(OCc2cccc(Cl)c2)cc1)c1ccc(CSc2ccccc2)cc1. The number of carbonyl (C=O) groups excluding carboxylic acids is 1. The Hall–Kier alpha value is -3.54. The molecule has 0 unspecified atom stereocenters. The molecular formula is C28H23ClN2O2S. The molecule has 34 heavy (non-hydrogen) atoms. The first-order valence-corrected chi connectivity index (χ1v) is 12.1. The highest BCUT2D eigenvalue weighted by Gasteiger charge is 2.04. The summed E-state index contributed by atoms with van der Waals surface area (Å²) >= 11 is 7.76. The third kappa shape index (κ3) is 7.24. The number of hydrazone groups is 1. The van der Waals surface area contributed by atoms with E-state index in [9.17, 15) is 4.79 Å². The molecule has 0 bridgehead atoms. The predicted molar refractivity (Wildman–Crippen MR) is 140 cm³/mol. The lowest BCUT2D eigenvalue weighted by Gasteiger charge is -2.07. The maximum atomic E-state index is 12.4. The highest BCUT2D eigenvalue weighted by Crippen LogP contribution is 2.22. The standard InChI is InChI=1S/C28H23ClN2O2S/c29-25-6-4-5-23(17-25)19-33-26-15-11-21(12-16-26)18-30-31-28(32)24-13-9-22(10-14-24)20-34-27-7-2-1-3-8-27/h1-18H,19-20H2,(H,31,32)/b30-18-. The molecule has 4 rings (SSSR count). The molecule has 0 fully saturated rings. The number of carbonyl (C=O) groups is 1. The molecule has 0 radical (unpaired) electrons. The van der Waals surface area contributed by atoms with Crippen molar-refractivity contribution in [2.24, 2.45) is 5.10 Å². The van der Waals surface area contributed by atoms with E-state index in [2.05, 4.69) is 22.7 Å². The molecule has 1 N–H and O–H groups in total. The van der Waals surface area contributed by atoms with E-state index in [-0.39, 0.29) is 5.91 Å². The van der Waals surface area contributed by atoms with Crippen molar-refractivity contribution in [2.45, 2.75) is 17.3 Å². The van der Waals surface area contributed by atoms with Crippen molar-refractivity contribution in [2.75, 3.05) is 0 Å². The minimum atomic E-state index is -0.250. The summed E-state index contributed by atoms with van der Waals surface area (Å²) in [6, 6.07) is 32.9. The van der Waals surface area contributed by atoms with Crippen LogP contribution in [0.25, 0.3) is 0 Å². The fourth-order valence-corrected chi connectivity index (χ4v) is 4.20. The average Bonchev–Trinajstić information content (AvgIpc) is 2.88. The van der Waals surface area contributed by atoms with Gasteiger partial charge in [-0.25, -0.2) is 5.43 Å². The maximum absolute atomic E-state index is 12.4. The molecular weight excluding hydrogens is 464 g/mol. The second-order valence-electron chi connectivity index (χ2n) is 7.49. The summed E-state index contributed by atoms with van der Waals surface area (Å²) in [5.41, 5.74) is 6.15. The monoisotopic (exact) mass is 486 g/mol. The van der Waals surface area contributed by atoms with Crippen LogP contribution in [0, 0.1) is 0 Å². The number of nitrogens with zero attached hydrogens (tertiary/aromatic N) is 1. The minimum Gasteiger partial charge on any atom is -0.489 e. The molecule has 0 aliphatic carbocycles. The molecule has 6 heteroatoms. The van der Waals surface area contributed by atoms with Crippen LogP contribution in [0.5, 0.6) is 5.75 Å². The molecule has 170 valence electrons. The van der Waals surface area contributed by atoms with Gasteiger partial charge in [0.1, 0.15) is 12.4 Å². The summed E-state index contributed by atoms with van der Waals surface area (Å²) in [6.45, 7) is 0.438. The van der Waals surface area contributed by atoms with Gasteiger partial charge in [0.05, 0.1) is 6.21 Å². The largest absolute Gasteiger partial charge is 0.489 e. The van der Waals surface area contributed by atoms with Crippen LogP contribution in [0.2, 0.25) is 5.02 Å². The van der Waals surface area contributed by atoms with E-state index in [1.807, 2.05) is 91.0 Å². The number of hydrogen-bond donors (Lipinski definition) is 1. The van der Waals surface area contributed by atoms with Crippen LogP contribution in [-0.4, -0.2) is 12.1 Å². The van der Waals surface area contributed by atoms with Gasteiger partial charge < -0.3 is 4.74 Å². The zero-order valence-electron chi connectivity index (χ0n) is 18.4. The van der Waals surface area contributed by atoms with Gasteiger partial charge in [0, 0.05) is 21.2 Å². The van der Waals surface area contributed by atoms with E-state index in [0.29, 0.717) is 17.2 Å². The van der Waals surface area contributed by atoms with Gasteiger partial charge in [0.2, 0.25) is 0 Å². The number of halogens is 1. The van der Waals surface area contributed by atoms with Crippen LogP contribution in [0.1, 0.15) is 27.0 Å². The first-order chi connectivity index (χ1) is 16.7. The van der Waals surface area contributed by atoms with Crippen molar-refractivity contribution in [3.8, 4) is 5.75 Å². The Balaban J connectivity index is 1.23. The quantitative estimate of drug-likeness (QED) is 0.158. The topological polar surface area (TPSA) is 50.7 Å². The van der Waals surface area contributed by atoms with Gasteiger partial charge in [-0.2, -0.15) is 5.10 Å². The van der Waals surface area contributed by atoms with E-state index in [4.69, 9.17) is 16.3 Å². The second-order valence-corrected chi connectivity index (χ2v) is 8.97. The maximum Gasteiger partial charge on any atom is 0.271 e. The summed E-state index contributed by atoms with van der Waals surface area (Å²) in [5, 5.41) is 4.75. The summed E-state index contributed by atoms with van der Waals surface area (Å²) < 4.78 is 5.78. The van der Waals surface area contributed by atoms with E-state index in [1.54, 1.807) is 18.0 Å². The van der Waals surface area contributed by atoms with E-state index < -0.39 is 0 Å². The average molecular weight is 487 g/mol. The fourth-order valence-electron chi connectivity index (χ4n) is 3.11. The van der Waals surface area contributed by atoms with Crippen molar-refractivity contribution in [1.29, 1.82) is 0 Å². The Kier molecular flexibility index (Phi) is 8.38. The molecule has 0 aliphatic heterocycles. The van der Waals surface area contributed by atoms with Gasteiger partial charge >= 0.3 is 0 Å². The lowest BCUT2D eigenvalue weighted by molar-refractivity contribution is 0.0955. The predicted octanol–water partition coefficient (Wildman–Crippen LogP) is 6.98. The smallest absolute Gasteiger partial charge is 0.271 e. The van der Waals surface area contributed by atoms with E-state index in [1.165, 1.54) is 4.90 Å². The van der Waals surface area contributed by atoms with Crippen molar-refractivity contribution in [3.63, 3.8) is 0 Å². The van der Waals surface area contributed by atoms with Crippen molar-refractivity contribution in [3.05, 3.63) is 130 Å². The first-order valence-electron chi connectivity index (χ1n) is 10.7. The Morgan fingerprint density at radius 2 is 1.65 bits per heavy atom. The second kappa shape index (κ2) is 12.1. The molecule has 0 saturated heterocycles. The van der Waals surface area contributed by atoms with Crippen LogP contribution in [0.4, 0.5) is 0 Å². The van der Waals surface area contributed by atoms with Gasteiger partial charge in [-0.15, -0.1) is 11.8 Å². The van der Waals surface area contributed by atoms with E-state index >= 15 is 0 Å². The molecule has 0 aliphatic rings. The number of nitrogens with one attached hydrogen (secondary N) is 1. The van der Waals surface area contributed by atoms with Gasteiger partial charge in [0.15, 0.2) is 0 Å². The molecule has 0 saturated carbocycles. The Bertz CT molecular complexity index is 1240. The van der Waals surface area contributed by atoms with Crippen molar-refractivity contribution >= 4 is 35.5 Å². The van der Waals surface area contributed by atoms with Gasteiger partial charge in [0.25, 0.3) is 5.91 Å². The number of amides is 1. The Morgan fingerprint density at radius 1 is 0.882 bits per heavy atom. The first kappa shape index (κ1) is 23.6. The highest BCUT2D eigenvalue weighted by atomic mass is 35.5. The van der Waals surface area contributed by atoms with Gasteiger partial charge in [-0.1, -0.05) is 54.1 Å². The van der Waals surface area contributed by atoms with Crippen molar-refractivity contribution in [1.82, 2.24) is 5.43 Å². The lowest BCUT2D eigenvalue weighted by atomic mass is 10.1. The molecule has 4 nitrogen and oxygen atoms in total. The van der Waals surface area contributed by atoms with Crippen LogP contribution in [-0.2, 0) is 12.4 Å². The normalized spacial score (nSPS) is 10.9. The van der Waals surface area contributed by atoms with Crippen LogP contribution < -0.4 is 10.2 Å². The summed E-state index contributed by atoms with van der Waals surface area (Å²) in [7, 11) is 0. The van der Waals surface area contributed by atoms with Crippen molar-refractivity contribution < 1.29 is 9.53 Å². The summed E-state index contributed by atoms with van der Waals surface area (Å²) in [4.78, 5) is 13.6. The Labute approximate surface area is 208 Å². The number of ether oxygens (including phenoxy) is 1. The molecule has 4 aromatic carbocycles. The number of benzene rings is 4. The molecule has 0 aromatic heterocycles. The zero-order chi connectivity index (χ0) is 23.6. The van der Waals surface area contributed by atoms with Gasteiger partial charge in [-0.3, -0.25) is 4.79 Å².